The third-order valence-electron chi connectivity index (χ3n) is 12.1. The highest BCUT2D eigenvalue weighted by atomic mass is 32.2. The highest BCUT2D eigenvalue weighted by Gasteiger charge is 2.23. The van der Waals surface area contributed by atoms with Crippen molar-refractivity contribution in [3.8, 4) is 0 Å². The maximum Gasteiger partial charge on any atom is 0.330 e. The Hall–Kier alpha value is -11.4. The zero-order valence-corrected chi connectivity index (χ0v) is 67.4. The first-order valence-electron chi connectivity index (χ1n) is 34.3. The Morgan fingerprint density at radius 1 is 0.333 bits per heavy atom. The number of thioether (sulfide) groups is 1. The molecule has 48 N–H and O–H groups in total. The van der Waals surface area contributed by atoms with Crippen LogP contribution in [0.15, 0.2) is 30.3 Å². The molecule has 55 heteroatoms. The number of hydrogen-bond donors (Lipinski definition) is 32. The van der Waals surface area contributed by atoms with Crippen molar-refractivity contribution in [2.75, 3.05) is 25.2 Å². The zero-order valence-electron chi connectivity index (χ0n) is 66.6. The molecular weight excluding hydrogens is 1640 g/mol. The number of unbranched alkanes of at least 4 members (excludes halogenated alkanes) is 1. The lowest BCUT2D eigenvalue weighted by atomic mass is 10.1. The number of esters is 3. The first kappa shape index (κ1) is 132. The molecule has 0 unspecified atom stereocenters. The number of amides is 1. The second-order valence-corrected chi connectivity index (χ2v) is 25.2. The van der Waals surface area contributed by atoms with Gasteiger partial charge >= 0.3 is 113 Å². The first-order valence-corrected chi connectivity index (χ1v) is 35.7. The van der Waals surface area contributed by atoms with Gasteiger partial charge in [-0.05, 0) is 102 Å². The minimum atomic E-state index is -1.29. The van der Waals surface area contributed by atoms with Gasteiger partial charge in [0.2, 0.25) is 5.91 Å². The van der Waals surface area contributed by atoms with E-state index in [9.17, 15) is 95.9 Å². The molecule has 0 bridgehead atoms. The fourth-order valence-corrected chi connectivity index (χ4v) is 5.74. The normalized spacial score (nSPS) is 13.2. The van der Waals surface area contributed by atoms with Crippen LogP contribution in [-0.4, -0.2) is 311 Å². The molecule has 0 aliphatic heterocycles. The molecule has 1 rings (SSSR count). The number of carboxylic acids is 16. The summed E-state index contributed by atoms with van der Waals surface area (Å²) in [6.07, 6.45) is 3.60. The third-order valence-corrected chi connectivity index (χ3v) is 12.7. The quantitative estimate of drug-likeness (QED) is 0.0164. The molecule has 0 saturated carbocycles. The van der Waals surface area contributed by atoms with Crippen LogP contribution in [0.2, 0.25) is 0 Å². The summed E-state index contributed by atoms with van der Waals surface area (Å²) >= 11 is 1.60. The highest BCUT2D eigenvalue weighted by Crippen LogP contribution is 2.05. The monoisotopic (exact) mass is 1770 g/mol. The van der Waals surface area contributed by atoms with Gasteiger partial charge in [-0.1, -0.05) is 50.6 Å². The Bertz CT molecular complexity index is 3040. The topological polar surface area (TPSA) is 1100 Å². The van der Waals surface area contributed by atoms with E-state index in [4.69, 9.17) is 173 Å². The van der Waals surface area contributed by atoms with E-state index < -0.39 is 223 Å². The van der Waals surface area contributed by atoms with Gasteiger partial charge in [-0.15, -0.1) is 0 Å². The van der Waals surface area contributed by atoms with Gasteiger partial charge in [-0.3, -0.25) is 86.3 Å². The van der Waals surface area contributed by atoms with Crippen LogP contribution in [0.5, 0.6) is 0 Å². The van der Waals surface area contributed by atoms with Gasteiger partial charge in [0.25, 0.3) is 0 Å². The van der Waals surface area contributed by atoms with E-state index in [1.54, 1.807) is 11.8 Å². The molecule has 0 fully saturated rings. The summed E-state index contributed by atoms with van der Waals surface area (Å²) in [5.41, 5.74) is 82.0. The lowest BCUT2D eigenvalue weighted by Gasteiger charge is -2.11. The second-order valence-electron chi connectivity index (χ2n) is 24.2. The number of benzene rings is 1. The lowest BCUT2D eigenvalue weighted by molar-refractivity contribution is -0.162. The summed E-state index contributed by atoms with van der Waals surface area (Å²) in [4.78, 5) is 202. The molecule has 1 amide bonds. The predicted molar refractivity (Wildman–Crippen MR) is 419 cm³/mol. The Morgan fingerprint density at radius 3 is 0.850 bits per heavy atom. The van der Waals surface area contributed by atoms with E-state index in [0.717, 1.165) is 24.2 Å². The van der Waals surface area contributed by atoms with Gasteiger partial charge in [0.05, 0.1) is 19.3 Å². The zero-order chi connectivity index (χ0) is 97.2. The third kappa shape index (κ3) is 107. The van der Waals surface area contributed by atoms with Crippen molar-refractivity contribution in [2.45, 2.75) is 216 Å². The van der Waals surface area contributed by atoms with Crippen LogP contribution in [0.4, 0.5) is 0 Å². The molecule has 0 aromatic heterocycles. The van der Waals surface area contributed by atoms with Crippen LogP contribution >= 0.6 is 11.8 Å². The minimum absolute atomic E-state index is 0.0213. The van der Waals surface area contributed by atoms with Crippen molar-refractivity contribution >= 4 is 131 Å². The van der Waals surface area contributed by atoms with Crippen LogP contribution in [0, 0.1) is 5.92 Å². The molecular formula is C65H122N16O38S. The van der Waals surface area contributed by atoms with Crippen molar-refractivity contribution in [2.24, 2.45) is 97.7 Å². The Morgan fingerprint density at radius 2 is 0.625 bits per heavy atom. The number of rotatable bonds is 42. The van der Waals surface area contributed by atoms with Crippen LogP contribution < -0.4 is 91.7 Å². The average Bonchev–Trinajstić information content (AvgIpc) is 0.902. The maximum absolute atomic E-state index is 11.4. The van der Waals surface area contributed by atoms with E-state index >= 15 is 0 Å². The molecule has 0 spiro atoms. The minimum Gasteiger partial charge on any atom is -0.481 e. The summed E-state index contributed by atoms with van der Waals surface area (Å²) in [5.74, 6) is -19.5. The van der Waals surface area contributed by atoms with Crippen molar-refractivity contribution in [3.05, 3.63) is 35.9 Å². The highest BCUT2D eigenvalue weighted by molar-refractivity contribution is 7.98. The molecule has 1 aromatic rings. The largest absolute Gasteiger partial charge is 0.481 e. The van der Waals surface area contributed by atoms with E-state index in [1.807, 2.05) is 50.4 Å². The lowest BCUT2D eigenvalue weighted by Crippen LogP contribution is -2.39. The summed E-state index contributed by atoms with van der Waals surface area (Å²) in [5, 5.41) is 130. The standard InChI is InChI=1S/C12H16N2O3.C6H12N2O4.C6H14N2O2.C6H13NO2.C5H10N2O3.2C5H9NO4.C5H11NO2S.3C4H7NO4.C3H7NO2/c1-8(13)11(15)17-12(16)10(14)7-9-5-3-2-4-6-9;1-3(7)6(11)12-2-4(8)5(9)10;7-4-2-1-3-5(8)6(9)10;1-4(2)3-5(7)6(8)9;3*6-3(5(9)10)1-2-4(7)8;1-9-3-2-4(6)5(7)8;3*5-2(4(8)9)1-3(6)7;1-2(4)3(5)6/h2-6,8,10H,7,13-14H2,1H3;3-4H,2,7-8H2,1H3,(H,9,10);5H,1-4,7-8H2,(H,9,10);4-5H,3,7H2,1-2H3,(H,8,9);3H,1-2,6H2,(H2,7,8)(H,9,10);2*3H,1-2,6H2,(H,7,8)(H,9,10);4H,2-3,6H2,1H3,(H,7,8);3*2H,1,5H2,(H,6,7)(H,8,9);2H,4H2,1H3,(H,5,6)/t8-,10-;3-,4-;2*5-;3*3-;4-;4*2-/m000000000000/s1. The van der Waals surface area contributed by atoms with Gasteiger partial charge in [-0.25, -0.2) is 9.59 Å². The number of carbonyl (C=O) groups excluding carboxylic acids is 4. The first-order chi connectivity index (χ1) is 54.7. The molecule has 0 aliphatic carbocycles. The van der Waals surface area contributed by atoms with E-state index in [1.165, 1.54) is 20.8 Å². The summed E-state index contributed by atoms with van der Waals surface area (Å²) in [6.45, 7) is 8.45. The van der Waals surface area contributed by atoms with Gasteiger partial charge in [0.1, 0.15) is 91.2 Å². The summed E-state index contributed by atoms with van der Waals surface area (Å²) in [6, 6.07) is -4.16. The number of aliphatic carboxylic acids is 16. The van der Waals surface area contributed by atoms with Gasteiger partial charge in [0.15, 0.2) is 0 Å². The maximum atomic E-state index is 11.4. The number of primary amides is 1. The van der Waals surface area contributed by atoms with Crippen molar-refractivity contribution in [3.63, 3.8) is 0 Å². The fourth-order valence-electron chi connectivity index (χ4n) is 5.26. The van der Waals surface area contributed by atoms with E-state index in [0.29, 0.717) is 38.1 Å². The average molecular weight is 1770 g/mol. The predicted octanol–water partition coefficient (Wildman–Crippen LogP) is -8.39. The molecule has 14 atom stereocenters. The second kappa shape index (κ2) is 81.3. The van der Waals surface area contributed by atoms with E-state index in [2.05, 4.69) is 9.47 Å². The number of hydrogen-bond acceptors (Lipinski definition) is 38. The van der Waals surface area contributed by atoms with Crippen molar-refractivity contribution < 1.29 is 187 Å². The van der Waals surface area contributed by atoms with Crippen molar-refractivity contribution in [1.82, 2.24) is 0 Å². The number of nitrogens with two attached hydrogens (primary N) is 16. The molecule has 1 aromatic carbocycles. The Balaban J connectivity index is -0.000000121. The van der Waals surface area contributed by atoms with Crippen LogP contribution in [0.3, 0.4) is 0 Å². The molecule has 120 heavy (non-hydrogen) atoms. The number of carboxylic acid groups (broad SMARTS) is 16. The molecule has 0 aliphatic rings. The Kier molecular flexibility index (Phi) is 89.4. The van der Waals surface area contributed by atoms with Crippen LogP contribution in [0.1, 0.15) is 130 Å². The van der Waals surface area contributed by atoms with Crippen molar-refractivity contribution in [1.29, 1.82) is 0 Å². The molecule has 0 radical (unpaired) electrons. The van der Waals surface area contributed by atoms with Gasteiger partial charge in [0, 0.05) is 19.3 Å². The Labute approximate surface area is 690 Å². The fraction of sp³-hybridized carbons (Fsp3) is 0.600. The number of carbonyl (C=O) groups is 20. The van der Waals surface area contributed by atoms with E-state index in [-0.39, 0.29) is 45.1 Å². The summed E-state index contributed by atoms with van der Waals surface area (Å²) in [7, 11) is 0. The molecule has 0 heterocycles. The van der Waals surface area contributed by atoms with Gasteiger partial charge in [-0.2, -0.15) is 11.8 Å². The van der Waals surface area contributed by atoms with Gasteiger partial charge < -0.3 is 183 Å². The molecule has 54 nitrogen and oxygen atoms in total. The SMILES string of the molecule is CC(C)C[C@H](N)C(=O)O.CSCC[C@H](N)C(=O)O.C[C@H](N)C(=O)O.C[C@H](N)C(=O)OC(=O)[C@@H](N)Cc1ccccc1.C[C@H](N)C(=O)OC[C@H](N)C(=O)O.NC(=O)CC[C@H](N)C(=O)O.NCCCC[C@H](N)C(=O)O.N[C@@H](CC(=O)O)C(=O)O.N[C@@H](CC(=O)O)C(=O)O.N[C@@H](CC(=O)O)C(=O)O.N[C@@H](CCC(=O)O)C(=O)O.N[C@@H](CCC(=O)O)C(=O)O. The van der Waals surface area contributed by atoms with Crippen LogP contribution in [-0.2, 0) is 112 Å². The molecule has 0 saturated heterocycles. The summed E-state index contributed by atoms with van der Waals surface area (Å²) < 4.78 is 8.97. The van der Waals surface area contributed by atoms with Crippen LogP contribution in [0.25, 0.3) is 0 Å². The smallest absolute Gasteiger partial charge is 0.330 e. The number of ether oxygens (including phenoxy) is 2. The molecule has 696 valence electrons.